The van der Waals surface area contributed by atoms with Gasteiger partial charge in [0.05, 0.1) is 44.7 Å². The monoisotopic (exact) mass is 606 g/mol. The normalized spacial score (nSPS) is 39.2. The minimum Gasteiger partial charge on any atom is -0.504 e. The SMILES string of the molecule is COC(=O)C1=CO[C@@H](O[C@@H]2O[C@H](CO)[C@@H](O)[C@H](O)[C@H]2OC)[C@H]2[C@@H]1[C@@H]1O[C@@H]1[C@@]21C=C(C(=O)c2ccc(OC)c(O)c2)C(=O)O1. The summed E-state index contributed by atoms with van der Waals surface area (Å²) in [7, 11) is 3.80. The van der Waals surface area contributed by atoms with E-state index >= 15 is 0 Å². The van der Waals surface area contributed by atoms with Crippen molar-refractivity contribution >= 4 is 17.7 Å². The second kappa shape index (κ2) is 10.9. The van der Waals surface area contributed by atoms with E-state index in [1.807, 2.05) is 0 Å². The number of fused-ring (bicyclic) bond motifs is 5. The number of aromatic hydroxyl groups is 1. The Morgan fingerprint density at radius 1 is 1.07 bits per heavy atom. The van der Waals surface area contributed by atoms with Crippen LogP contribution >= 0.6 is 0 Å². The summed E-state index contributed by atoms with van der Waals surface area (Å²) in [6, 6.07) is 3.91. The summed E-state index contributed by atoms with van der Waals surface area (Å²) in [5.41, 5.74) is -1.91. The van der Waals surface area contributed by atoms with E-state index in [0.717, 1.165) is 12.3 Å². The van der Waals surface area contributed by atoms with Gasteiger partial charge in [-0.15, -0.1) is 0 Å². The van der Waals surface area contributed by atoms with Crippen molar-refractivity contribution in [3.8, 4) is 11.5 Å². The molecule has 0 bridgehead atoms. The topological polar surface area (TPSA) is 209 Å². The Morgan fingerprint density at radius 2 is 1.84 bits per heavy atom. The van der Waals surface area contributed by atoms with E-state index in [4.69, 9.17) is 37.9 Å². The predicted molar refractivity (Wildman–Crippen MR) is 136 cm³/mol. The van der Waals surface area contributed by atoms with Crippen LogP contribution in [-0.2, 0) is 42.7 Å². The Kier molecular flexibility index (Phi) is 7.45. The molecule has 4 heterocycles. The van der Waals surface area contributed by atoms with E-state index in [-0.39, 0.29) is 28.2 Å². The van der Waals surface area contributed by atoms with E-state index in [2.05, 4.69) is 0 Å². The molecule has 232 valence electrons. The van der Waals surface area contributed by atoms with Crippen LogP contribution in [-0.4, -0.2) is 121 Å². The van der Waals surface area contributed by atoms with Crippen molar-refractivity contribution in [2.45, 2.75) is 54.8 Å². The van der Waals surface area contributed by atoms with Gasteiger partial charge in [-0.3, -0.25) is 4.79 Å². The van der Waals surface area contributed by atoms with E-state index < -0.39 is 91.0 Å². The smallest absolute Gasteiger partial charge is 0.342 e. The Balaban J connectivity index is 1.37. The number of phenols is 1. The second-order valence-electron chi connectivity index (χ2n) is 10.7. The summed E-state index contributed by atoms with van der Waals surface area (Å²) in [5, 5.41) is 40.7. The lowest BCUT2D eigenvalue weighted by Gasteiger charge is -2.45. The fourth-order valence-corrected chi connectivity index (χ4v) is 6.44. The minimum atomic E-state index is -1.64. The largest absolute Gasteiger partial charge is 0.504 e. The van der Waals surface area contributed by atoms with E-state index in [1.54, 1.807) is 0 Å². The van der Waals surface area contributed by atoms with E-state index in [0.29, 0.717) is 0 Å². The van der Waals surface area contributed by atoms with Crippen LogP contribution in [0.5, 0.6) is 11.5 Å². The van der Waals surface area contributed by atoms with Gasteiger partial charge in [0.1, 0.15) is 36.1 Å². The molecule has 2 saturated heterocycles. The first-order valence-corrected chi connectivity index (χ1v) is 13.4. The number of ketones is 1. The maximum atomic E-state index is 13.4. The summed E-state index contributed by atoms with van der Waals surface area (Å²) in [5.74, 6) is -4.38. The lowest BCUT2D eigenvalue weighted by Crippen LogP contribution is -2.61. The highest BCUT2D eigenvalue weighted by Gasteiger charge is 2.78. The van der Waals surface area contributed by atoms with Crippen LogP contribution in [0.25, 0.3) is 0 Å². The molecule has 4 aliphatic heterocycles. The number of rotatable bonds is 8. The third-order valence-electron chi connectivity index (χ3n) is 8.54. The van der Waals surface area contributed by atoms with Gasteiger partial charge in [0.25, 0.3) is 0 Å². The average molecular weight is 607 g/mol. The fraction of sp³-hybridized carbons (Fsp3) is 0.536. The summed E-state index contributed by atoms with van der Waals surface area (Å²) in [6.45, 7) is -0.646. The van der Waals surface area contributed by atoms with Gasteiger partial charge in [0.15, 0.2) is 29.2 Å². The maximum Gasteiger partial charge on any atom is 0.342 e. The molecule has 1 aromatic rings. The number of carbonyl (C=O) groups is 3. The quantitative estimate of drug-likeness (QED) is 0.117. The molecule has 0 amide bonds. The molecule has 0 aromatic heterocycles. The van der Waals surface area contributed by atoms with Gasteiger partial charge in [-0.1, -0.05) is 0 Å². The van der Waals surface area contributed by atoms with Crippen molar-refractivity contribution < 1.29 is 72.7 Å². The van der Waals surface area contributed by atoms with Crippen molar-refractivity contribution in [3.05, 3.63) is 47.2 Å². The van der Waals surface area contributed by atoms with Gasteiger partial charge in [0, 0.05) is 18.6 Å². The molecule has 4 N–H and O–H groups in total. The number of aliphatic hydroxyl groups is 3. The summed E-state index contributed by atoms with van der Waals surface area (Å²) in [6.07, 6.45) is -7.14. The molecule has 15 nitrogen and oxygen atoms in total. The number of esters is 2. The number of methoxy groups -OCH3 is 3. The van der Waals surface area contributed by atoms with Crippen LogP contribution in [0.2, 0.25) is 0 Å². The molecule has 3 fully saturated rings. The van der Waals surface area contributed by atoms with Crippen LogP contribution in [0.15, 0.2) is 41.7 Å². The van der Waals surface area contributed by atoms with Gasteiger partial charge in [-0.2, -0.15) is 0 Å². The highest BCUT2D eigenvalue weighted by molar-refractivity contribution is 6.25. The number of Topliss-reactive ketones (excluding diaryl/α,β-unsaturated/α-hetero) is 1. The van der Waals surface area contributed by atoms with E-state index in [1.165, 1.54) is 39.5 Å². The zero-order chi connectivity index (χ0) is 30.8. The number of hydrogen-bond donors (Lipinski definition) is 4. The van der Waals surface area contributed by atoms with Crippen molar-refractivity contribution in [1.82, 2.24) is 0 Å². The molecule has 1 aliphatic carbocycles. The van der Waals surface area contributed by atoms with Crippen molar-refractivity contribution in [3.63, 3.8) is 0 Å². The van der Waals surface area contributed by atoms with Crippen LogP contribution in [0.3, 0.4) is 0 Å². The first-order valence-electron chi connectivity index (χ1n) is 13.4. The molecular weight excluding hydrogens is 576 g/mol. The summed E-state index contributed by atoms with van der Waals surface area (Å²) >= 11 is 0. The molecule has 1 saturated carbocycles. The fourth-order valence-electron chi connectivity index (χ4n) is 6.44. The molecule has 0 unspecified atom stereocenters. The summed E-state index contributed by atoms with van der Waals surface area (Å²) < 4.78 is 44.6. The number of benzene rings is 1. The number of hydrogen-bond acceptors (Lipinski definition) is 15. The Hall–Kier alpha value is -3.57. The van der Waals surface area contributed by atoms with Crippen LogP contribution in [0.4, 0.5) is 0 Å². The number of ether oxygens (including phenoxy) is 8. The van der Waals surface area contributed by atoms with E-state index in [9.17, 15) is 34.8 Å². The van der Waals surface area contributed by atoms with Crippen LogP contribution in [0, 0.1) is 11.8 Å². The minimum absolute atomic E-state index is 0.00895. The van der Waals surface area contributed by atoms with Crippen molar-refractivity contribution in [1.29, 1.82) is 0 Å². The average Bonchev–Trinajstić information content (AvgIpc) is 3.67. The molecular formula is C28H30O15. The lowest BCUT2D eigenvalue weighted by atomic mass is 9.78. The lowest BCUT2D eigenvalue weighted by molar-refractivity contribution is -0.350. The Morgan fingerprint density at radius 3 is 2.49 bits per heavy atom. The molecule has 6 rings (SSSR count). The number of epoxide rings is 1. The summed E-state index contributed by atoms with van der Waals surface area (Å²) in [4.78, 5) is 39.4. The van der Waals surface area contributed by atoms with Gasteiger partial charge < -0.3 is 58.3 Å². The zero-order valence-electron chi connectivity index (χ0n) is 23.1. The molecule has 0 radical (unpaired) electrons. The van der Waals surface area contributed by atoms with Crippen molar-refractivity contribution in [2.24, 2.45) is 11.8 Å². The molecule has 1 spiro atoms. The van der Waals surface area contributed by atoms with Gasteiger partial charge in [-0.05, 0) is 24.3 Å². The molecule has 1 aromatic carbocycles. The highest BCUT2D eigenvalue weighted by Crippen LogP contribution is 2.62. The second-order valence-corrected chi connectivity index (χ2v) is 10.7. The molecule has 15 heteroatoms. The van der Waals surface area contributed by atoms with Gasteiger partial charge in [-0.25, -0.2) is 9.59 Å². The number of phenolic OH excluding ortho intramolecular Hbond substituents is 1. The first-order chi connectivity index (χ1) is 20.6. The molecule has 11 atom stereocenters. The highest BCUT2D eigenvalue weighted by atomic mass is 16.8. The third-order valence-corrected chi connectivity index (χ3v) is 8.54. The molecule has 5 aliphatic rings. The zero-order valence-corrected chi connectivity index (χ0v) is 23.1. The van der Waals surface area contributed by atoms with Crippen LogP contribution < -0.4 is 4.74 Å². The van der Waals surface area contributed by atoms with Crippen LogP contribution in [0.1, 0.15) is 10.4 Å². The van der Waals surface area contributed by atoms with Gasteiger partial charge in [0.2, 0.25) is 6.29 Å². The van der Waals surface area contributed by atoms with Gasteiger partial charge >= 0.3 is 11.9 Å². The molecule has 43 heavy (non-hydrogen) atoms. The third kappa shape index (κ3) is 4.50. The Labute approximate surface area is 244 Å². The first kappa shape index (κ1) is 29.5. The number of aliphatic hydroxyl groups excluding tert-OH is 3. The Bertz CT molecular complexity index is 1390. The predicted octanol–water partition coefficient (Wildman–Crippen LogP) is -1.30. The standard InChI is InChI=1S/C28H30O15/c1-36-14-5-4-10(6-13(14)30)18(31)11-7-28(43-25(11)35)17-16(21-23(28)41-21)12(24(34)38-3)9-39-26(17)42-27-22(37-2)20(33)19(32)15(8-29)40-27/h4-7,9,15-17,19-23,26-27,29-30,32-33H,8H2,1-3H3/t15-,16-,17-,19-,20+,21+,22-,23+,26+,27+,28-/m1/s1. The maximum absolute atomic E-state index is 13.4. The van der Waals surface area contributed by atoms with Crippen molar-refractivity contribution in [2.75, 3.05) is 27.9 Å². The number of carbonyl (C=O) groups excluding carboxylic acids is 3.